The predicted molar refractivity (Wildman–Crippen MR) is 75.3 cm³/mol. The fourth-order valence-corrected chi connectivity index (χ4v) is 1.63. The molecular weight excluding hydrogens is 220 g/mol. The minimum Gasteiger partial charge on any atom is -0.295 e. The second-order valence-corrected chi connectivity index (χ2v) is 4.05. The van der Waals surface area contributed by atoms with Gasteiger partial charge in [0.05, 0.1) is 0 Å². The standard InChI is InChI=1S/C17H14O/c1-14(18)17-12-6-11-16(13-17)10-5-9-15-7-3-2-4-8-15/h2-4,6-13H,1H3. The Labute approximate surface area is 107 Å². The van der Waals surface area contributed by atoms with Crippen LogP contribution in [0.25, 0.3) is 12.2 Å². The molecule has 2 aromatic carbocycles. The van der Waals surface area contributed by atoms with Crippen LogP contribution in [-0.2, 0) is 0 Å². The van der Waals surface area contributed by atoms with Crippen LogP contribution in [0.2, 0.25) is 0 Å². The van der Waals surface area contributed by atoms with Gasteiger partial charge in [-0.2, -0.15) is 0 Å². The zero-order valence-corrected chi connectivity index (χ0v) is 10.3. The van der Waals surface area contributed by atoms with Gasteiger partial charge in [-0.25, -0.2) is 0 Å². The molecule has 0 unspecified atom stereocenters. The Morgan fingerprint density at radius 1 is 0.944 bits per heavy atom. The van der Waals surface area contributed by atoms with Gasteiger partial charge in [-0.1, -0.05) is 48.5 Å². The molecule has 1 heteroatoms. The molecule has 0 fully saturated rings. The molecule has 0 aliphatic carbocycles. The average Bonchev–Trinajstić information content (AvgIpc) is 2.40. The maximum Gasteiger partial charge on any atom is 0.159 e. The van der Waals surface area contributed by atoms with Crippen LogP contribution in [0.15, 0.2) is 60.3 Å². The summed E-state index contributed by atoms with van der Waals surface area (Å²) in [4.78, 5) is 11.3. The van der Waals surface area contributed by atoms with E-state index in [-0.39, 0.29) is 5.78 Å². The van der Waals surface area contributed by atoms with Gasteiger partial charge in [0.25, 0.3) is 0 Å². The van der Waals surface area contributed by atoms with Crippen molar-refractivity contribution in [1.29, 1.82) is 0 Å². The van der Waals surface area contributed by atoms with E-state index in [1.54, 1.807) is 6.92 Å². The van der Waals surface area contributed by atoms with E-state index < -0.39 is 0 Å². The lowest BCUT2D eigenvalue weighted by molar-refractivity contribution is 0.101. The number of Topliss-reactive ketones (excluding diaryl/α,β-unsaturated/α-hetero) is 1. The van der Waals surface area contributed by atoms with Crippen LogP contribution in [0.4, 0.5) is 0 Å². The molecule has 0 heterocycles. The summed E-state index contributed by atoms with van der Waals surface area (Å²) in [6.07, 6.45) is 3.79. The van der Waals surface area contributed by atoms with E-state index >= 15 is 0 Å². The third-order valence-corrected chi connectivity index (χ3v) is 2.59. The summed E-state index contributed by atoms with van der Waals surface area (Å²) >= 11 is 0. The Kier molecular flexibility index (Phi) is 3.90. The van der Waals surface area contributed by atoms with Gasteiger partial charge in [0.1, 0.15) is 0 Å². The van der Waals surface area contributed by atoms with Crippen LogP contribution >= 0.6 is 0 Å². The molecule has 0 aliphatic rings. The summed E-state index contributed by atoms with van der Waals surface area (Å²) in [5, 5.41) is 0. The second kappa shape index (κ2) is 5.81. The number of hydrogen-bond acceptors (Lipinski definition) is 1. The first kappa shape index (κ1) is 12.1. The van der Waals surface area contributed by atoms with Crippen LogP contribution in [0.5, 0.6) is 0 Å². The maximum absolute atomic E-state index is 11.3. The lowest BCUT2D eigenvalue weighted by Gasteiger charge is -1.96. The van der Waals surface area contributed by atoms with Crippen LogP contribution in [0, 0.1) is 0 Å². The van der Waals surface area contributed by atoms with Crippen molar-refractivity contribution < 1.29 is 4.79 Å². The molecule has 1 nitrogen and oxygen atoms in total. The molecule has 0 saturated heterocycles. The van der Waals surface area contributed by atoms with Gasteiger partial charge in [-0.15, -0.1) is 5.73 Å². The number of carbonyl (C=O) groups is 1. The lowest BCUT2D eigenvalue weighted by Crippen LogP contribution is -1.90. The molecule has 2 rings (SSSR count). The normalized spacial score (nSPS) is 9.39. The largest absolute Gasteiger partial charge is 0.295 e. The highest BCUT2D eigenvalue weighted by Gasteiger charge is 1.97. The molecule has 0 N–H and O–H groups in total. The van der Waals surface area contributed by atoms with Crippen molar-refractivity contribution in [2.24, 2.45) is 0 Å². The van der Waals surface area contributed by atoms with Crippen molar-refractivity contribution in [3.8, 4) is 0 Å². The van der Waals surface area contributed by atoms with Gasteiger partial charge in [0.15, 0.2) is 5.78 Å². The second-order valence-electron chi connectivity index (χ2n) is 4.05. The Morgan fingerprint density at radius 2 is 1.61 bits per heavy atom. The van der Waals surface area contributed by atoms with E-state index in [0.717, 1.165) is 16.7 Å². The van der Waals surface area contributed by atoms with Crippen molar-refractivity contribution in [3.63, 3.8) is 0 Å². The summed E-state index contributed by atoms with van der Waals surface area (Å²) in [6.45, 7) is 1.57. The quantitative estimate of drug-likeness (QED) is 0.574. The van der Waals surface area contributed by atoms with E-state index in [2.05, 4.69) is 5.73 Å². The number of hydrogen-bond donors (Lipinski definition) is 0. The van der Waals surface area contributed by atoms with Crippen molar-refractivity contribution in [2.75, 3.05) is 0 Å². The third kappa shape index (κ3) is 3.31. The molecule has 0 saturated carbocycles. The molecule has 2 aromatic rings. The third-order valence-electron chi connectivity index (χ3n) is 2.59. The maximum atomic E-state index is 11.3. The predicted octanol–water partition coefficient (Wildman–Crippen LogP) is 4.21. The molecule has 0 spiro atoms. The monoisotopic (exact) mass is 234 g/mol. The SMILES string of the molecule is CC(=O)c1cccc(C=C=Cc2ccccc2)c1. The van der Waals surface area contributed by atoms with Crippen LogP contribution < -0.4 is 0 Å². The van der Waals surface area contributed by atoms with Gasteiger partial charge in [0.2, 0.25) is 0 Å². The first-order chi connectivity index (χ1) is 8.75. The Morgan fingerprint density at radius 3 is 2.33 bits per heavy atom. The summed E-state index contributed by atoms with van der Waals surface area (Å²) in [7, 11) is 0. The van der Waals surface area contributed by atoms with E-state index in [9.17, 15) is 4.79 Å². The van der Waals surface area contributed by atoms with Gasteiger partial charge < -0.3 is 0 Å². The van der Waals surface area contributed by atoms with E-state index in [1.165, 1.54) is 0 Å². The highest BCUT2D eigenvalue weighted by molar-refractivity contribution is 5.94. The Bertz CT molecular complexity index is 603. The summed E-state index contributed by atoms with van der Waals surface area (Å²) in [5.41, 5.74) is 5.94. The smallest absolute Gasteiger partial charge is 0.159 e. The number of benzene rings is 2. The molecule has 0 amide bonds. The topological polar surface area (TPSA) is 17.1 Å². The Hall–Kier alpha value is -2.37. The van der Waals surface area contributed by atoms with E-state index in [1.807, 2.05) is 66.7 Å². The molecule has 0 aliphatic heterocycles. The van der Waals surface area contributed by atoms with Crippen LogP contribution in [0.1, 0.15) is 28.4 Å². The molecule has 0 aromatic heterocycles. The fraction of sp³-hybridized carbons (Fsp3) is 0.0588. The molecular formula is C17H14O. The molecule has 18 heavy (non-hydrogen) atoms. The fourth-order valence-electron chi connectivity index (χ4n) is 1.63. The zero-order chi connectivity index (χ0) is 12.8. The van der Waals surface area contributed by atoms with Crippen molar-refractivity contribution in [3.05, 3.63) is 77.0 Å². The van der Waals surface area contributed by atoms with Crippen molar-refractivity contribution in [2.45, 2.75) is 6.92 Å². The molecule has 0 radical (unpaired) electrons. The first-order valence-corrected chi connectivity index (χ1v) is 5.84. The van der Waals surface area contributed by atoms with Crippen LogP contribution in [-0.4, -0.2) is 5.78 Å². The summed E-state index contributed by atoms with van der Waals surface area (Å²) in [6, 6.07) is 17.5. The number of rotatable bonds is 3. The van der Waals surface area contributed by atoms with Crippen LogP contribution in [0.3, 0.4) is 0 Å². The average molecular weight is 234 g/mol. The molecule has 88 valence electrons. The Balaban J connectivity index is 2.21. The van der Waals surface area contributed by atoms with Gasteiger partial charge in [-0.3, -0.25) is 4.79 Å². The minimum absolute atomic E-state index is 0.0808. The van der Waals surface area contributed by atoms with Crippen molar-refractivity contribution >= 4 is 17.9 Å². The van der Waals surface area contributed by atoms with Gasteiger partial charge in [0, 0.05) is 5.56 Å². The number of carbonyl (C=O) groups excluding carboxylic acids is 1. The molecule has 0 bridgehead atoms. The van der Waals surface area contributed by atoms with E-state index in [0.29, 0.717) is 0 Å². The van der Waals surface area contributed by atoms with Gasteiger partial charge in [-0.05, 0) is 36.3 Å². The summed E-state index contributed by atoms with van der Waals surface area (Å²) < 4.78 is 0. The molecule has 0 atom stereocenters. The highest BCUT2D eigenvalue weighted by Crippen LogP contribution is 2.08. The number of ketones is 1. The zero-order valence-electron chi connectivity index (χ0n) is 10.3. The minimum atomic E-state index is 0.0808. The van der Waals surface area contributed by atoms with Gasteiger partial charge >= 0.3 is 0 Å². The highest BCUT2D eigenvalue weighted by atomic mass is 16.1. The van der Waals surface area contributed by atoms with E-state index in [4.69, 9.17) is 0 Å². The summed E-state index contributed by atoms with van der Waals surface area (Å²) in [5.74, 6) is 0.0808. The first-order valence-electron chi connectivity index (χ1n) is 5.84. The lowest BCUT2D eigenvalue weighted by atomic mass is 10.1. The van der Waals surface area contributed by atoms with Crippen molar-refractivity contribution in [1.82, 2.24) is 0 Å².